The predicted molar refractivity (Wildman–Crippen MR) is 87.3 cm³/mol. The molecule has 0 spiro atoms. The fourth-order valence-electron chi connectivity index (χ4n) is 3.01. The first-order valence-electron chi connectivity index (χ1n) is 7.24. The zero-order chi connectivity index (χ0) is 13.8. The molecule has 0 atom stereocenters. The largest absolute Gasteiger partial charge is 0.396 e. The molecule has 1 aliphatic rings. The lowest BCUT2D eigenvalue weighted by molar-refractivity contribution is 0.128. The van der Waals surface area contributed by atoms with E-state index in [4.69, 9.17) is 0 Å². The Morgan fingerprint density at radius 2 is 2.10 bits per heavy atom. The van der Waals surface area contributed by atoms with Gasteiger partial charge in [-0.15, -0.1) is 22.7 Å². The fourth-order valence-corrected chi connectivity index (χ4v) is 4.66. The number of rotatable bonds is 6. The standard InChI is InChI=1S/C16H21NOS2/c18-12-16(5-1-2-6-16)11-17-9-14-8-13(10-20-14)15-4-3-7-19-15/h3-4,7-8,10,17-18H,1-2,5-6,9,11-12H2. The number of hydrogen-bond acceptors (Lipinski definition) is 4. The van der Waals surface area contributed by atoms with E-state index < -0.39 is 0 Å². The van der Waals surface area contributed by atoms with Crippen molar-refractivity contribution < 1.29 is 5.11 Å². The lowest BCUT2D eigenvalue weighted by Crippen LogP contribution is -2.34. The summed E-state index contributed by atoms with van der Waals surface area (Å²) in [5.74, 6) is 0. The third kappa shape index (κ3) is 3.14. The zero-order valence-corrected chi connectivity index (χ0v) is 13.2. The van der Waals surface area contributed by atoms with Crippen LogP contribution in [-0.2, 0) is 6.54 Å². The maximum Gasteiger partial charge on any atom is 0.0499 e. The molecule has 0 bridgehead atoms. The number of nitrogens with one attached hydrogen (secondary N) is 1. The summed E-state index contributed by atoms with van der Waals surface area (Å²) in [6, 6.07) is 6.55. The summed E-state index contributed by atoms with van der Waals surface area (Å²) in [6.45, 7) is 2.18. The van der Waals surface area contributed by atoms with Crippen LogP contribution in [0.4, 0.5) is 0 Å². The molecule has 0 saturated heterocycles. The van der Waals surface area contributed by atoms with E-state index >= 15 is 0 Å². The second kappa shape index (κ2) is 6.39. The zero-order valence-electron chi connectivity index (χ0n) is 11.6. The van der Waals surface area contributed by atoms with Crippen LogP contribution in [-0.4, -0.2) is 18.3 Å². The molecule has 0 aromatic carbocycles. The molecule has 0 amide bonds. The van der Waals surface area contributed by atoms with Crippen LogP contribution < -0.4 is 5.32 Å². The highest BCUT2D eigenvalue weighted by atomic mass is 32.1. The SMILES string of the molecule is OCC1(CNCc2cc(-c3cccs3)cs2)CCCC1. The van der Waals surface area contributed by atoms with Gasteiger partial charge in [-0.05, 0) is 35.7 Å². The summed E-state index contributed by atoms with van der Waals surface area (Å²) in [5, 5.41) is 17.5. The molecular weight excluding hydrogens is 286 g/mol. The molecule has 108 valence electrons. The Labute approximate surface area is 128 Å². The molecule has 0 radical (unpaired) electrons. The smallest absolute Gasteiger partial charge is 0.0499 e. The Hall–Kier alpha value is -0.680. The summed E-state index contributed by atoms with van der Waals surface area (Å²) in [7, 11) is 0. The average molecular weight is 307 g/mol. The Bertz CT molecular complexity index is 526. The van der Waals surface area contributed by atoms with E-state index in [-0.39, 0.29) is 5.41 Å². The third-order valence-electron chi connectivity index (χ3n) is 4.26. The Balaban J connectivity index is 1.54. The van der Waals surface area contributed by atoms with Gasteiger partial charge in [0.25, 0.3) is 0 Å². The minimum atomic E-state index is 0.147. The third-order valence-corrected chi connectivity index (χ3v) is 6.11. The minimum absolute atomic E-state index is 0.147. The van der Waals surface area contributed by atoms with Gasteiger partial charge in [-0.25, -0.2) is 0 Å². The maximum absolute atomic E-state index is 9.61. The lowest BCUT2D eigenvalue weighted by Gasteiger charge is -2.26. The Morgan fingerprint density at radius 3 is 2.80 bits per heavy atom. The van der Waals surface area contributed by atoms with Crippen molar-refractivity contribution in [3.63, 3.8) is 0 Å². The highest BCUT2D eigenvalue weighted by Crippen LogP contribution is 2.37. The van der Waals surface area contributed by atoms with E-state index in [1.54, 1.807) is 11.3 Å². The van der Waals surface area contributed by atoms with Crippen molar-refractivity contribution in [2.24, 2.45) is 5.41 Å². The first kappa shape index (κ1) is 14.3. The van der Waals surface area contributed by atoms with Gasteiger partial charge in [0.2, 0.25) is 0 Å². The maximum atomic E-state index is 9.61. The highest BCUT2D eigenvalue weighted by molar-refractivity contribution is 7.14. The van der Waals surface area contributed by atoms with Crippen LogP contribution in [0.2, 0.25) is 0 Å². The number of thiophene rings is 2. The molecule has 1 fully saturated rings. The Morgan fingerprint density at radius 1 is 1.25 bits per heavy atom. The van der Waals surface area contributed by atoms with Crippen molar-refractivity contribution in [2.45, 2.75) is 32.2 Å². The van der Waals surface area contributed by atoms with Gasteiger partial charge in [0.1, 0.15) is 0 Å². The van der Waals surface area contributed by atoms with Gasteiger partial charge in [-0.1, -0.05) is 18.9 Å². The predicted octanol–water partition coefficient (Wildman–Crippen LogP) is 4.12. The first-order valence-corrected chi connectivity index (χ1v) is 9.00. The summed E-state index contributed by atoms with van der Waals surface area (Å²) >= 11 is 3.61. The molecule has 2 aromatic heterocycles. The molecule has 2 nitrogen and oxygen atoms in total. The number of aliphatic hydroxyl groups is 1. The molecule has 0 unspecified atom stereocenters. The van der Waals surface area contributed by atoms with Crippen molar-refractivity contribution >= 4 is 22.7 Å². The quantitative estimate of drug-likeness (QED) is 0.841. The molecule has 3 rings (SSSR count). The lowest BCUT2D eigenvalue weighted by atomic mass is 9.87. The van der Waals surface area contributed by atoms with E-state index in [2.05, 4.69) is 34.3 Å². The van der Waals surface area contributed by atoms with Crippen molar-refractivity contribution in [3.8, 4) is 10.4 Å². The minimum Gasteiger partial charge on any atom is -0.396 e. The molecular formula is C16H21NOS2. The van der Waals surface area contributed by atoms with Crippen molar-refractivity contribution in [2.75, 3.05) is 13.2 Å². The normalized spacial score (nSPS) is 17.6. The van der Waals surface area contributed by atoms with E-state index in [9.17, 15) is 5.11 Å². The van der Waals surface area contributed by atoms with Crippen LogP contribution in [0.1, 0.15) is 30.6 Å². The van der Waals surface area contributed by atoms with Gasteiger partial charge in [0.15, 0.2) is 0 Å². The first-order chi connectivity index (χ1) is 9.81. The van der Waals surface area contributed by atoms with Gasteiger partial charge in [0, 0.05) is 40.4 Å². The van der Waals surface area contributed by atoms with Gasteiger partial charge < -0.3 is 10.4 Å². The fraction of sp³-hybridized carbons (Fsp3) is 0.500. The summed E-state index contributed by atoms with van der Waals surface area (Å²) in [4.78, 5) is 2.72. The topological polar surface area (TPSA) is 32.3 Å². The molecule has 2 aromatic rings. The molecule has 2 N–H and O–H groups in total. The van der Waals surface area contributed by atoms with E-state index in [0.29, 0.717) is 6.61 Å². The van der Waals surface area contributed by atoms with Gasteiger partial charge >= 0.3 is 0 Å². The van der Waals surface area contributed by atoms with Crippen molar-refractivity contribution in [1.82, 2.24) is 5.32 Å². The average Bonchev–Trinajstić information content (AvgIpc) is 3.21. The molecule has 4 heteroatoms. The van der Waals surface area contributed by atoms with Crippen LogP contribution in [0, 0.1) is 5.41 Å². The van der Waals surface area contributed by atoms with Crippen LogP contribution in [0.15, 0.2) is 29.0 Å². The molecule has 2 heterocycles. The molecule has 1 aliphatic carbocycles. The highest BCUT2D eigenvalue weighted by Gasteiger charge is 2.32. The monoisotopic (exact) mass is 307 g/mol. The summed E-state index contributed by atoms with van der Waals surface area (Å²) in [6.07, 6.45) is 4.87. The molecule has 20 heavy (non-hydrogen) atoms. The van der Waals surface area contributed by atoms with Crippen molar-refractivity contribution in [3.05, 3.63) is 33.8 Å². The van der Waals surface area contributed by atoms with Gasteiger partial charge in [0.05, 0.1) is 0 Å². The summed E-state index contributed by atoms with van der Waals surface area (Å²) in [5.41, 5.74) is 1.48. The Kier molecular flexibility index (Phi) is 4.56. The van der Waals surface area contributed by atoms with Crippen LogP contribution >= 0.6 is 22.7 Å². The molecule has 1 saturated carbocycles. The van der Waals surface area contributed by atoms with Crippen LogP contribution in [0.25, 0.3) is 10.4 Å². The number of hydrogen-bond donors (Lipinski definition) is 2. The van der Waals surface area contributed by atoms with Gasteiger partial charge in [-0.2, -0.15) is 0 Å². The van der Waals surface area contributed by atoms with Crippen LogP contribution in [0.5, 0.6) is 0 Å². The van der Waals surface area contributed by atoms with E-state index in [1.807, 2.05) is 11.3 Å². The molecule has 0 aliphatic heterocycles. The second-order valence-corrected chi connectivity index (χ2v) is 7.69. The van der Waals surface area contributed by atoms with E-state index in [0.717, 1.165) is 13.1 Å². The second-order valence-electron chi connectivity index (χ2n) is 5.75. The van der Waals surface area contributed by atoms with Gasteiger partial charge in [-0.3, -0.25) is 0 Å². The number of aliphatic hydroxyl groups excluding tert-OH is 1. The van der Waals surface area contributed by atoms with Crippen LogP contribution in [0.3, 0.4) is 0 Å². The summed E-state index contributed by atoms with van der Waals surface area (Å²) < 4.78 is 0. The van der Waals surface area contributed by atoms with Crippen molar-refractivity contribution in [1.29, 1.82) is 0 Å². The van der Waals surface area contributed by atoms with E-state index in [1.165, 1.54) is 41.0 Å².